The smallest absolute Gasteiger partial charge is 0.220 e. The Morgan fingerprint density at radius 2 is 2.00 bits per heavy atom. The lowest BCUT2D eigenvalue weighted by Gasteiger charge is -2.28. The van der Waals surface area contributed by atoms with Crippen LogP contribution in [0.5, 0.6) is 0 Å². The van der Waals surface area contributed by atoms with Crippen LogP contribution in [0.3, 0.4) is 0 Å². The van der Waals surface area contributed by atoms with Gasteiger partial charge in [0.2, 0.25) is 5.91 Å². The van der Waals surface area contributed by atoms with E-state index in [1.165, 1.54) is 0 Å². The number of hydrogen-bond donors (Lipinski definition) is 3. The number of hydrogen-bond acceptors (Lipinski definition) is 3. The summed E-state index contributed by atoms with van der Waals surface area (Å²) in [6, 6.07) is 9.43. The number of nitrogens with one attached hydrogen (secondary N) is 2. The quantitative estimate of drug-likeness (QED) is 0.749. The number of carbonyl (C=O) groups is 1. The van der Waals surface area contributed by atoms with Crippen LogP contribution in [0, 0.1) is 11.8 Å². The van der Waals surface area contributed by atoms with E-state index in [4.69, 9.17) is 0 Å². The molecule has 0 aromatic heterocycles. The molecule has 1 heterocycles. The number of amides is 1. The molecule has 1 amide bonds. The van der Waals surface area contributed by atoms with Crippen molar-refractivity contribution in [1.82, 2.24) is 10.6 Å². The van der Waals surface area contributed by atoms with Crippen molar-refractivity contribution in [3.05, 3.63) is 35.9 Å². The summed E-state index contributed by atoms with van der Waals surface area (Å²) in [5.41, 5.74) is 0.837. The summed E-state index contributed by atoms with van der Waals surface area (Å²) in [4.78, 5) is 12.0. The fraction of sp³-hybridized carbons (Fsp3) is 0.588. The SMILES string of the molecule is CC(CC(=O)NCC(O)c1ccccc1)C1CCNCC1. The van der Waals surface area contributed by atoms with E-state index in [9.17, 15) is 9.90 Å². The lowest BCUT2D eigenvalue weighted by Crippen LogP contribution is -2.34. The maximum Gasteiger partial charge on any atom is 0.220 e. The molecule has 4 heteroatoms. The molecule has 0 spiro atoms. The number of aliphatic hydroxyl groups excluding tert-OH is 1. The second-order valence-corrected chi connectivity index (χ2v) is 6.00. The van der Waals surface area contributed by atoms with Gasteiger partial charge in [-0.2, -0.15) is 0 Å². The summed E-state index contributed by atoms with van der Waals surface area (Å²) in [7, 11) is 0. The van der Waals surface area contributed by atoms with E-state index in [2.05, 4.69) is 17.6 Å². The maximum absolute atomic E-state index is 12.0. The van der Waals surface area contributed by atoms with Gasteiger partial charge in [-0.05, 0) is 43.3 Å². The Kier molecular flexibility index (Phi) is 6.21. The minimum Gasteiger partial charge on any atom is -0.387 e. The van der Waals surface area contributed by atoms with E-state index < -0.39 is 6.10 Å². The number of carbonyl (C=O) groups excluding carboxylic acids is 1. The average molecular weight is 290 g/mol. The molecule has 1 aliphatic rings. The van der Waals surface area contributed by atoms with Crippen molar-refractivity contribution >= 4 is 5.91 Å². The Labute approximate surface area is 126 Å². The minimum absolute atomic E-state index is 0.0380. The highest BCUT2D eigenvalue weighted by Crippen LogP contribution is 2.24. The van der Waals surface area contributed by atoms with Crippen molar-refractivity contribution in [2.24, 2.45) is 11.8 Å². The fourth-order valence-electron chi connectivity index (χ4n) is 2.95. The van der Waals surface area contributed by atoms with Crippen molar-refractivity contribution in [2.75, 3.05) is 19.6 Å². The van der Waals surface area contributed by atoms with Crippen molar-refractivity contribution in [2.45, 2.75) is 32.3 Å². The number of piperidine rings is 1. The maximum atomic E-state index is 12.0. The number of rotatable bonds is 6. The highest BCUT2D eigenvalue weighted by Gasteiger charge is 2.22. The van der Waals surface area contributed by atoms with Crippen LogP contribution < -0.4 is 10.6 Å². The highest BCUT2D eigenvalue weighted by atomic mass is 16.3. The largest absolute Gasteiger partial charge is 0.387 e. The molecular formula is C17H26N2O2. The van der Waals surface area contributed by atoms with Gasteiger partial charge >= 0.3 is 0 Å². The summed E-state index contributed by atoms with van der Waals surface area (Å²) in [5.74, 6) is 1.08. The predicted molar refractivity (Wildman–Crippen MR) is 83.8 cm³/mol. The predicted octanol–water partition coefficient (Wildman–Crippen LogP) is 1.86. The molecule has 1 aliphatic heterocycles. The van der Waals surface area contributed by atoms with Crippen LogP contribution in [0.1, 0.15) is 37.9 Å². The van der Waals surface area contributed by atoms with Crippen LogP contribution >= 0.6 is 0 Å². The second kappa shape index (κ2) is 8.15. The first-order valence-electron chi connectivity index (χ1n) is 7.87. The highest BCUT2D eigenvalue weighted by molar-refractivity contribution is 5.76. The Bertz CT molecular complexity index is 430. The Balaban J connectivity index is 1.71. The van der Waals surface area contributed by atoms with Gasteiger partial charge < -0.3 is 15.7 Å². The van der Waals surface area contributed by atoms with Crippen molar-refractivity contribution in [1.29, 1.82) is 0 Å². The first kappa shape index (κ1) is 16.0. The molecule has 1 aromatic carbocycles. The molecule has 0 aliphatic carbocycles. The molecule has 1 fully saturated rings. The van der Waals surface area contributed by atoms with Crippen LogP contribution in [0.15, 0.2) is 30.3 Å². The normalized spacial score (nSPS) is 19.0. The first-order valence-corrected chi connectivity index (χ1v) is 7.87. The van der Waals surface area contributed by atoms with E-state index in [0.717, 1.165) is 31.5 Å². The van der Waals surface area contributed by atoms with Crippen molar-refractivity contribution in [3.63, 3.8) is 0 Å². The van der Waals surface area contributed by atoms with Gasteiger partial charge in [0.15, 0.2) is 0 Å². The Morgan fingerprint density at radius 1 is 1.33 bits per heavy atom. The average Bonchev–Trinajstić information content (AvgIpc) is 2.54. The second-order valence-electron chi connectivity index (χ2n) is 6.00. The van der Waals surface area contributed by atoms with Crippen LogP contribution in [-0.4, -0.2) is 30.6 Å². The van der Waals surface area contributed by atoms with Gasteiger partial charge in [-0.25, -0.2) is 0 Å². The lowest BCUT2D eigenvalue weighted by molar-refractivity contribution is -0.122. The van der Waals surface area contributed by atoms with Crippen molar-refractivity contribution < 1.29 is 9.90 Å². The third-order valence-electron chi connectivity index (χ3n) is 4.37. The summed E-state index contributed by atoms with van der Waals surface area (Å²) in [6.45, 7) is 4.55. The van der Waals surface area contributed by atoms with Crippen LogP contribution in [0.25, 0.3) is 0 Å². The number of aliphatic hydroxyl groups is 1. The summed E-state index contributed by atoms with van der Waals surface area (Å²) in [5, 5.41) is 16.2. The summed E-state index contributed by atoms with van der Waals surface area (Å²) in [6.07, 6.45) is 2.22. The van der Waals surface area contributed by atoms with Gasteiger partial charge in [0.25, 0.3) is 0 Å². The molecule has 2 rings (SSSR count). The topological polar surface area (TPSA) is 61.4 Å². The standard InChI is InChI=1S/C17H26N2O2/c1-13(14-7-9-18-10-8-14)11-17(21)19-12-16(20)15-5-3-2-4-6-15/h2-6,13-14,16,18,20H,7-12H2,1H3,(H,19,21). The molecule has 0 radical (unpaired) electrons. The zero-order valence-corrected chi connectivity index (χ0v) is 12.7. The number of benzene rings is 1. The van der Waals surface area contributed by atoms with Crippen LogP contribution in [0.2, 0.25) is 0 Å². The van der Waals surface area contributed by atoms with E-state index in [0.29, 0.717) is 18.3 Å². The molecule has 21 heavy (non-hydrogen) atoms. The van der Waals surface area contributed by atoms with Gasteiger partial charge in [0.1, 0.15) is 0 Å². The van der Waals surface area contributed by atoms with Crippen LogP contribution in [0.4, 0.5) is 0 Å². The third kappa shape index (κ3) is 5.14. The Morgan fingerprint density at radius 3 is 2.67 bits per heavy atom. The zero-order chi connectivity index (χ0) is 15.1. The zero-order valence-electron chi connectivity index (χ0n) is 12.7. The summed E-state index contributed by atoms with van der Waals surface area (Å²) >= 11 is 0. The molecule has 1 aromatic rings. The molecule has 2 atom stereocenters. The third-order valence-corrected chi connectivity index (χ3v) is 4.37. The van der Waals surface area contributed by atoms with Gasteiger partial charge in [-0.15, -0.1) is 0 Å². The minimum atomic E-state index is -0.635. The van der Waals surface area contributed by atoms with E-state index >= 15 is 0 Å². The van der Waals surface area contributed by atoms with Gasteiger partial charge in [-0.3, -0.25) is 4.79 Å². The van der Waals surface area contributed by atoms with Crippen molar-refractivity contribution in [3.8, 4) is 0 Å². The van der Waals surface area contributed by atoms with E-state index in [1.54, 1.807) is 0 Å². The first-order chi connectivity index (χ1) is 10.2. The monoisotopic (exact) mass is 290 g/mol. The summed E-state index contributed by atoms with van der Waals surface area (Å²) < 4.78 is 0. The van der Waals surface area contributed by atoms with Gasteiger partial charge in [0.05, 0.1) is 6.10 Å². The molecule has 2 unspecified atom stereocenters. The molecule has 116 valence electrons. The molecule has 4 nitrogen and oxygen atoms in total. The van der Waals surface area contributed by atoms with Crippen LogP contribution in [-0.2, 0) is 4.79 Å². The molecule has 3 N–H and O–H groups in total. The van der Waals surface area contributed by atoms with E-state index in [1.807, 2.05) is 30.3 Å². The molecule has 0 saturated carbocycles. The van der Waals surface area contributed by atoms with Gasteiger partial charge in [-0.1, -0.05) is 37.3 Å². The molecular weight excluding hydrogens is 264 g/mol. The van der Waals surface area contributed by atoms with E-state index in [-0.39, 0.29) is 12.5 Å². The lowest BCUT2D eigenvalue weighted by atomic mass is 9.84. The Hall–Kier alpha value is -1.39. The molecule has 1 saturated heterocycles. The molecule has 0 bridgehead atoms. The fourth-order valence-corrected chi connectivity index (χ4v) is 2.95. The van der Waals surface area contributed by atoms with Gasteiger partial charge in [0, 0.05) is 13.0 Å².